The van der Waals surface area contributed by atoms with Crippen molar-refractivity contribution in [3.05, 3.63) is 40.4 Å². The van der Waals surface area contributed by atoms with E-state index in [0.29, 0.717) is 33.9 Å². The molecule has 6 nitrogen and oxygen atoms in total. The maximum Gasteiger partial charge on any atom is 0.185 e. The molecule has 1 saturated carbocycles. The van der Waals surface area contributed by atoms with E-state index in [2.05, 4.69) is 27.5 Å². The van der Waals surface area contributed by atoms with Gasteiger partial charge in [0, 0.05) is 27.4 Å². The Balaban J connectivity index is 1.59. The molecular weight excluding hydrogens is 405 g/mol. The molecule has 0 saturated heterocycles. The van der Waals surface area contributed by atoms with E-state index in [-0.39, 0.29) is 5.25 Å². The van der Waals surface area contributed by atoms with Gasteiger partial charge in [-0.25, -0.2) is 0 Å². The molecular formula is C18H19Cl2N5OS. The predicted octanol–water partition coefficient (Wildman–Crippen LogP) is 4.16. The lowest BCUT2D eigenvalue weighted by molar-refractivity contribution is -0.0120. The summed E-state index contributed by atoms with van der Waals surface area (Å²) in [5.74, 6) is 2.21. The summed E-state index contributed by atoms with van der Waals surface area (Å²) < 4.78 is 1.65. The van der Waals surface area contributed by atoms with Crippen molar-refractivity contribution in [2.45, 2.75) is 30.6 Å². The highest BCUT2D eigenvalue weighted by molar-refractivity contribution is 8.00. The monoisotopic (exact) mass is 423 g/mol. The molecule has 1 fully saturated rings. The summed E-state index contributed by atoms with van der Waals surface area (Å²) in [6, 6.07) is 8.88. The number of nitrogens with one attached hydrogen (secondary N) is 1. The lowest BCUT2D eigenvalue weighted by atomic mass is 9.79. The van der Waals surface area contributed by atoms with Crippen molar-refractivity contribution in [1.29, 1.82) is 0 Å². The highest BCUT2D eigenvalue weighted by Gasteiger charge is 2.45. The number of aromatic nitrogens is 4. The van der Waals surface area contributed by atoms with E-state index in [1.807, 2.05) is 12.1 Å². The van der Waals surface area contributed by atoms with Gasteiger partial charge in [0.25, 0.3) is 0 Å². The number of hydrogen-bond donors (Lipinski definition) is 2. The van der Waals surface area contributed by atoms with Crippen LogP contribution in [-0.2, 0) is 0 Å². The number of rotatable bonds is 6. The fraction of sp³-hybridized carbons (Fsp3) is 0.389. The molecule has 27 heavy (non-hydrogen) atoms. The second-order valence-corrected chi connectivity index (χ2v) is 8.96. The molecule has 9 heteroatoms. The van der Waals surface area contributed by atoms with Crippen LogP contribution in [0.2, 0.25) is 10.0 Å². The van der Waals surface area contributed by atoms with Gasteiger partial charge >= 0.3 is 0 Å². The van der Waals surface area contributed by atoms with E-state index in [1.54, 1.807) is 34.5 Å². The summed E-state index contributed by atoms with van der Waals surface area (Å²) in [5, 5.41) is 28.3. The van der Waals surface area contributed by atoms with Crippen LogP contribution in [-0.4, -0.2) is 48.1 Å². The Hall–Kier alpha value is -1.54. The van der Waals surface area contributed by atoms with Crippen LogP contribution >= 0.6 is 35.0 Å². The van der Waals surface area contributed by atoms with Crippen LogP contribution in [0.5, 0.6) is 0 Å². The van der Waals surface area contributed by atoms with Gasteiger partial charge in [0.05, 0.1) is 5.60 Å². The quantitative estimate of drug-likeness (QED) is 0.619. The first kappa shape index (κ1) is 18.8. The van der Waals surface area contributed by atoms with Crippen molar-refractivity contribution < 1.29 is 5.11 Å². The van der Waals surface area contributed by atoms with Crippen LogP contribution in [0.3, 0.4) is 0 Å². The van der Waals surface area contributed by atoms with Gasteiger partial charge in [-0.15, -0.1) is 15.3 Å². The second-order valence-electron chi connectivity index (χ2n) is 6.61. The number of halogens is 2. The predicted molar refractivity (Wildman–Crippen MR) is 111 cm³/mol. The van der Waals surface area contributed by atoms with Gasteiger partial charge in [-0.3, -0.25) is 0 Å². The first-order valence-electron chi connectivity index (χ1n) is 8.75. The van der Waals surface area contributed by atoms with E-state index in [4.69, 9.17) is 23.2 Å². The highest BCUT2D eigenvalue weighted by atomic mass is 35.5. The largest absolute Gasteiger partial charge is 0.387 e. The summed E-state index contributed by atoms with van der Waals surface area (Å²) in [5.41, 5.74) is 0.670. The molecule has 1 aliphatic carbocycles. The fourth-order valence-electron chi connectivity index (χ4n) is 3.23. The zero-order valence-electron chi connectivity index (χ0n) is 14.7. The number of nitrogens with zero attached hydrogens (tertiary/aromatic N) is 4. The van der Waals surface area contributed by atoms with E-state index in [0.717, 1.165) is 24.2 Å². The molecule has 142 valence electrons. The topological polar surface area (TPSA) is 75.3 Å². The third-order valence-corrected chi connectivity index (χ3v) is 6.61. The Morgan fingerprint density at radius 2 is 2.04 bits per heavy atom. The number of fused-ring (bicyclic) bond motifs is 1. The maximum absolute atomic E-state index is 10.8. The molecule has 2 N–H and O–H groups in total. The molecule has 0 spiro atoms. The number of aliphatic hydroxyl groups is 1. The van der Waals surface area contributed by atoms with Gasteiger partial charge < -0.3 is 10.4 Å². The minimum Gasteiger partial charge on any atom is -0.387 e. The normalized spacial score (nSPS) is 22.0. The standard InChI is InChI=1S/C18H19Cl2N5OS/c1-2-27-14-5-6-18(14,26)10-21-15-3-4-16-22-23-17(25(16)24-15)11-7-12(19)9-13(20)8-11/h3-4,7-9,14,26H,2,5-6,10H2,1H3,(H,21,24). The molecule has 0 aliphatic heterocycles. The van der Waals surface area contributed by atoms with E-state index in [9.17, 15) is 5.11 Å². The van der Waals surface area contributed by atoms with Crippen LogP contribution in [0.1, 0.15) is 19.8 Å². The molecule has 2 aromatic heterocycles. The first-order valence-corrected chi connectivity index (χ1v) is 10.6. The minimum absolute atomic E-state index is 0.276. The minimum atomic E-state index is -0.687. The van der Waals surface area contributed by atoms with Gasteiger partial charge in [-0.2, -0.15) is 16.3 Å². The molecule has 2 heterocycles. The molecule has 3 aromatic rings. The average molecular weight is 424 g/mol. The van der Waals surface area contributed by atoms with Gasteiger partial charge in [-0.05, 0) is 48.9 Å². The van der Waals surface area contributed by atoms with Crippen molar-refractivity contribution in [3.8, 4) is 11.4 Å². The average Bonchev–Trinajstić information content (AvgIpc) is 3.05. The zero-order valence-corrected chi connectivity index (χ0v) is 17.0. The van der Waals surface area contributed by atoms with Crippen LogP contribution < -0.4 is 5.32 Å². The smallest absolute Gasteiger partial charge is 0.185 e. The van der Waals surface area contributed by atoms with Gasteiger partial charge in [0.1, 0.15) is 5.82 Å². The van der Waals surface area contributed by atoms with E-state index >= 15 is 0 Å². The lowest BCUT2D eigenvalue weighted by Crippen LogP contribution is -2.54. The maximum atomic E-state index is 10.8. The van der Waals surface area contributed by atoms with Crippen LogP contribution in [0.15, 0.2) is 30.3 Å². The van der Waals surface area contributed by atoms with Gasteiger partial charge in [0.2, 0.25) is 0 Å². The number of anilines is 1. The highest BCUT2D eigenvalue weighted by Crippen LogP contribution is 2.41. The summed E-state index contributed by atoms with van der Waals surface area (Å²) in [4.78, 5) is 0. The number of thioether (sulfide) groups is 1. The number of hydrogen-bond acceptors (Lipinski definition) is 6. The Kier molecular flexibility index (Phi) is 5.20. The molecule has 4 rings (SSSR count). The van der Waals surface area contributed by atoms with E-state index in [1.165, 1.54) is 0 Å². The molecule has 0 radical (unpaired) electrons. The van der Waals surface area contributed by atoms with Crippen molar-refractivity contribution in [2.24, 2.45) is 0 Å². The van der Waals surface area contributed by atoms with Crippen molar-refractivity contribution in [1.82, 2.24) is 19.8 Å². The summed E-state index contributed by atoms with van der Waals surface area (Å²) in [7, 11) is 0. The van der Waals surface area contributed by atoms with Crippen molar-refractivity contribution >= 4 is 46.4 Å². The SMILES string of the molecule is CCSC1CCC1(O)CNc1ccc2nnc(-c3cc(Cl)cc(Cl)c3)n2n1. The molecule has 2 atom stereocenters. The Bertz CT molecular complexity index is 961. The Morgan fingerprint density at radius 1 is 1.26 bits per heavy atom. The third-order valence-electron chi connectivity index (χ3n) is 4.77. The fourth-order valence-corrected chi connectivity index (χ4v) is 4.95. The Labute approximate surface area is 171 Å². The van der Waals surface area contributed by atoms with Crippen LogP contribution in [0.25, 0.3) is 17.0 Å². The van der Waals surface area contributed by atoms with E-state index < -0.39 is 5.60 Å². The van der Waals surface area contributed by atoms with Gasteiger partial charge in [-0.1, -0.05) is 30.1 Å². The Morgan fingerprint density at radius 3 is 2.70 bits per heavy atom. The second kappa shape index (κ2) is 7.47. The molecule has 1 aromatic carbocycles. The van der Waals surface area contributed by atoms with Crippen molar-refractivity contribution in [2.75, 3.05) is 17.6 Å². The summed E-state index contributed by atoms with van der Waals surface area (Å²) in [6.45, 7) is 2.58. The number of benzene rings is 1. The third kappa shape index (κ3) is 3.74. The van der Waals surface area contributed by atoms with Gasteiger partial charge in [0.15, 0.2) is 11.5 Å². The molecule has 0 amide bonds. The van der Waals surface area contributed by atoms with Crippen molar-refractivity contribution in [3.63, 3.8) is 0 Å². The molecule has 2 unspecified atom stereocenters. The lowest BCUT2D eigenvalue weighted by Gasteiger charge is -2.45. The molecule has 1 aliphatic rings. The van der Waals surface area contributed by atoms with Crippen LogP contribution in [0.4, 0.5) is 5.82 Å². The first-order chi connectivity index (χ1) is 13.0. The van der Waals surface area contributed by atoms with Crippen LogP contribution in [0, 0.1) is 0 Å². The molecule has 0 bridgehead atoms. The zero-order chi connectivity index (χ0) is 19.0. The summed E-state index contributed by atoms with van der Waals surface area (Å²) >= 11 is 14.0. The summed E-state index contributed by atoms with van der Waals surface area (Å²) in [6.07, 6.45) is 1.85.